The van der Waals surface area contributed by atoms with E-state index >= 15 is 0 Å². The second-order valence-corrected chi connectivity index (χ2v) is 5.88. The number of hydrogen-bond donors (Lipinski definition) is 2. The minimum Gasteiger partial charge on any atom is -0.381 e. The van der Waals surface area contributed by atoms with Crippen LogP contribution in [0.1, 0.15) is 32.3 Å². The number of aromatic nitrogens is 2. The smallest absolute Gasteiger partial charge is 0.190 e. The summed E-state index contributed by atoms with van der Waals surface area (Å²) >= 11 is 0. The van der Waals surface area contributed by atoms with Gasteiger partial charge in [-0.1, -0.05) is 13.8 Å². The average Bonchev–Trinajstić information content (AvgIpc) is 2.90. The van der Waals surface area contributed by atoms with Crippen LogP contribution in [0.2, 0.25) is 0 Å². The van der Waals surface area contributed by atoms with Crippen LogP contribution in [0.15, 0.2) is 17.4 Å². The molecule has 0 fully saturated rings. The maximum atomic E-state index is 5.55. The van der Waals surface area contributed by atoms with Crippen LogP contribution >= 0.6 is 0 Å². The molecule has 6 nitrogen and oxygen atoms in total. The van der Waals surface area contributed by atoms with Crippen molar-refractivity contribution in [2.45, 2.75) is 40.2 Å². The van der Waals surface area contributed by atoms with Crippen molar-refractivity contribution in [2.75, 3.05) is 33.4 Å². The molecule has 0 aromatic carbocycles. The predicted octanol–water partition coefficient (Wildman–Crippen LogP) is 1.81. The molecule has 6 heteroatoms. The summed E-state index contributed by atoms with van der Waals surface area (Å²) in [6.45, 7) is 10.7. The third kappa shape index (κ3) is 8.67. The van der Waals surface area contributed by atoms with Crippen LogP contribution in [0.3, 0.4) is 0 Å². The maximum absolute atomic E-state index is 5.55. The van der Waals surface area contributed by atoms with Gasteiger partial charge in [-0.3, -0.25) is 9.67 Å². The monoisotopic (exact) mass is 309 g/mol. The summed E-state index contributed by atoms with van der Waals surface area (Å²) in [5, 5.41) is 10.9. The first-order valence-corrected chi connectivity index (χ1v) is 8.13. The Labute approximate surface area is 134 Å². The van der Waals surface area contributed by atoms with Crippen molar-refractivity contribution < 1.29 is 4.74 Å². The molecule has 0 aliphatic heterocycles. The van der Waals surface area contributed by atoms with E-state index in [-0.39, 0.29) is 0 Å². The Kier molecular flexibility index (Phi) is 9.30. The Hall–Kier alpha value is -1.56. The quantitative estimate of drug-likeness (QED) is 0.393. The molecule has 1 aromatic rings. The topological polar surface area (TPSA) is 63.5 Å². The van der Waals surface area contributed by atoms with Gasteiger partial charge in [0.15, 0.2) is 5.96 Å². The Balaban J connectivity index is 2.02. The zero-order chi connectivity index (χ0) is 16.2. The minimum absolute atomic E-state index is 0.598. The van der Waals surface area contributed by atoms with E-state index in [2.05, 4.69) is 47.7 Å². The van der Waals surface area contributed by atoms with Gasteiger partial charge in [0.1, 0.15) is 0 Å². The van der Waals surface area contributed by atoms with Crippen LogP contribution in [0, 0.1) is 12.8 Å². The highest BCUT2D eigenvalue weighted by Gasteiger charge is 1.98. The van der Waals surface area contributed by atoms with Crippen molar-refractivity contribution in [2.24, 2.45) is 10.9 Å². The Bertz CT molecular complexity index is 428. The normalized spacial score (nSPS) is 12.0. The van der Waals surface area contributed by atoms with E-state index in [4.69, 9.17) is 4.74 Å². The van der Waals surface area contributed by atoms with Crippen LogP contribution in [-0.2, 0) is 11.3 Å². The SMILES string of the molecule is CN=C(NCCCOCC(C)C)NCCCn1cc(C)cn1. The second kappa shape index (κ2) is 11.1. The van der Waals surface area contributed by atoms with Crippen LogP contribution < -0.4 is 10.6 Å². The number of guanidine groups is 1. The molecule has 0 aliphatic carbocycles. The van der Waals surface area contributed by atoms with Crippen molar-refractivity contribution >= 4 is 5.96 Å². The van der Waals surface area contributed by atoms with E-state index in [1.54, 1.807) is 7.05 Å². The van der Waals surface area contributed by atoms with Gasteiger partial charge < -0.3 is 15.4 Å². The molecule has 1 heterocycles. The first-order valence-electron chi connectivity index (χ1n) is 8.13. The molecule has 1 rings (SSSR count). The van der Waals surface area contributed by atoms with E-state index in [1.165, 1.54) is 5.56 Å². The fourth-order valence-corrected chi connectivity index (χ4v) is 1.96. The zero-order valence-electron chi connectivity index (χ0n) is 14.4. The summed E-state index contributed by atoms with van der Waals surface area (Å²) in [5.41, 5.74) is 1.20. The molecule has 0 saturated carbocycles. The first kappa shape index (κ1) is 18.5. The second-order valence-electron chi connectivity index (χ2n) is 5.88. The van der Waals surface area contributed by atoms with Gasteiger partial charge >= 0.3 is 0 Å². The Morgan fingerprint density at radius 3 is 2.64 bits per heavy atom. The fraction of sp³-hybridized carbons (Fsp3) is 0.750. The third-order valence-electron chi connectivity index (χ3n) is 3.05. The van der Waals surface area contributed by atoms with Crippen LogP contribution in [0.4, 0.5) is 0 Å². The molecular weight excluding hydrogens is 278 g/mol. The molecule has 126 valence electrons. The number of nitrogens with one attached hydrogen (secondary N) is 2. The summed E-state index contributed by atoms with van der Waals surface area (Å²) in [5.74, 6) is 1.45. The van der Waals surface area contributed by atoms with Gasteiger partial charge in [-0.25, -0.2) is 0 Å². The number of nitrogens with zero attached hydrogens (tertiary/aromatic N) is 3. The highest BCUT2D eigenvalue weighted by atomic mass is 16.5. The number of hydrogen-bond acceptors (Lipinski definition) is 3. The Morgan fingerprint density at radius 1 is 1.32 bits per heavy atom. The summed E-state index contributed by atoms with van der Waals surface area (Å²) in [6, 6.07) is 0. The van der Waals surface area contributed by atoms with E-state index in [0.717, 1.165) is 51.6 Å². The molecule has 0 spiro atoms. The van der Waals surface area contributed by atoms with Crippen molar-refractivity contribution in [1.82, 2.24) is 20.4 Å². The lowest BCUT2D eigenvalue weighted by molar-refractivity contribution is 0.108. The number of aryl methyl sites for hydroxylation is 2. The molecular formula is C16H31N5O. The van der Waals surface area contributed by atoms with Gasteiger partial charge in [-0.2, -0.15) is 5.10 Å². The van der Waals surface area contributed by atoms with Crippen LogP contribution in [0.25, 0.3) is 0 Å². The molecule has 0 unspecified atom stereocenters. The molecule has 0 radical (unpaired) electrons. The summed E-state index contributed by atoms with van der Waals surface area (Å²) in [7, 11) is 1.79. The third-order valence-corrected chi connectivity index (χ3v) is 3.05. The van der Waals surface area contributed by atoms with Gasteiger partial charge in [-0.05, 0) is 31.2 Å². The van der Waals surface area contributed by atoms with E-state index in [9.17, 15) is 0 Å². The molecule has 0 bridgehead atoms. The lowest BCUT2D eigenvalue weighted by Crippen LogP contribution is -2.38. The molecule has 0 amide bonds. The van der Waals surface area contributed by atoms with Crippen LogP contribution in [0.5, 0.6) is 0 Å². The standard InChI is InChI=1S/C16H31N5O/c1-14(2)13-22-10-6-8-19-16(17-4)18-7-5-9-21-12-15(3)11-20-21/h11-12,14H,5-10,13H2,1-4H3,(H2,17,18,19). The van der Waals surface area contributed by atoms with Gasteiger partial charge in [0, 0.05) is 46.1 Å². The van der Waals surface area contributed by atoms with E-state index in [0.29, 0.717) is 5.92 Å². The first-order chi connectivity index (χ1) is 10.6. The lowest BCUT2D eigenvalue weighted by Gasteiger charge is -2.12. The molecule has 0 saturated heterocycles. The van der Waals surface area contributed by atoms with Gasteiger partial charge in [0.2, 0.25) is 0 Å². The molecule has 22 heavy (non-hydrogen) atoms. The predicted molar refractivity (Wildman–Crippen MR) is 91.2 cm³/mol. The number of ether oxygens (including phenoxy) is 1. The Morgan fingerprint density at radius 2 is 2.05 bits per heavy atom. The van der Waals surface area contributed by atoms with Gasteiger partial charge in [0.05, 0.1) is 6.20 Å². The number of rotatable bonds is 10. The van der Waals surface area contributed by atoms with E-state index in [1.807, 2.05) is 10.9 Å². The van der Waals surface area contributed by atoms with Crippen molar-refractivity contribution in [3.63, 3.8) is 0 Å². The molecule has 2 N–H and O–H groups in total. The van der Waals surface area contributed by atoms with Gasteiger partial charge in [-0.15, -0.1) is 0 Å². The largest absolute Gasteiger partial charge is 0.381 e. The summed E-state index contributed by atoms with van der Waals surface area (Å²) < 4.78 is 7.52. The highest BCUT2D eigenvalue weighted by Crippen LogP contribution is 1.95. The van der Waals surface area contributed by atoms with Crippen molar-refractivity contribution in [3.8, 4) is 0 Å². The van der Waals surface area contributed by atoms with Crippen molar-refractivity contribution in [3.05, 3.63) is 18.0 Å². The van der Waals surface area contributed by atoms with E-state index < -0.39 is 0 Å². The minimum atomic E-state index is 0.598. The zero-order valence-corrected chi connectivity index (χ0v) is 14.4. The summed E-state index contributed by atoms with van der Waals surface area (Å²) in [4.78, 5) is 4.21. The highest BCUT2D eigenvalue weighted by molar-refractivity contribution is 5.79. The molecule has 0 aliphatic rings. The number of aliphatic imine (C=N–C) groups is 1. The summed E-state index contributed by atoms with van der Waals surface area (Å²) in [6.07, 6.45) is 5.94. The molecule has 1 aromatic heterocycles. The molecule has 0 atom stereocenters. The average molecular weight is 309 g/mol. The maximum Gasteiger partial charge on any atom is 0.190 e. The van der Waals surface area contributed by atoms with Gasteiger partial charge in [0.25, 0.3) is 0 Å². The van der Waals surface area contributed by atoms with Crippen molar-refractivity contribution in [1.29, 1.82) is 0 Å². The lowest BCUT2D eigenvalue weighted by atomic mass is 10.2. The fourth-order valence-electron chi connectivity index (χ4n) is 1.96. The van der Waals surface area contributed by atoms with Crippen LogP contribution in [-0.4, -0.2) is 49.1 Å².